The molecule has 0 aliphatic carbocycles. The summed E-state index contributed by atoms with van der Waals surface area (Å²) >= 11 is 0. The van der Waals surface area contributed by atoms with Gasteiger partial charge in [-0.05, 0) is 12.1 Å². The molecule has 3 amide bonds. The van der Waals surface area contributed by atoms with Crippen LogP contribution in [-0.2, 0) is 4.79 Å². The van der Waals surface area contributed by atoms with Crippen molar-refractivity contribution in [2.45, 2.75) is 6.92 Å². The molecule has 1 aromatic rings. The summed E-state index contributed by atoms with van der Waals surface area (Å²) in [5.41, 5.74) is 10.2. The first-order valence-electron chi connectivity index (χ1n) is 4.93. The predicted octanol–water partition coefficient (Wildman–Crippen LogP) is -0.446. The molecule has 1 aromatic heterocycles. The zero-order chi connectivity index (χ0) is 13.4. The van der Waals surface area contributed by atoms with Crippen LogP contribution in [0.4, 0.5) is 4.79 Å². The SMILES string of the molecule is CC(=O)N/N=C/c1cccc(/C=N/NC(N)=O)n1. The number of carbonyl (C=O) groups is 2. The number of rotatable bonds is 4. The Balaban J connectivity index is 2.67. The van der Waals surface area contributed by atoms with Gasteiger partial charge in [0.1, 0.15) is 0 Å². The summed E-state index contributed by atoms with van der Waals surface area (Å²) in [5.74, 6) is -0.269. The molecule has 0 bridgehead atoms. The molecule has 0 spiro atoms. The second-order valence-corrected chi connectivity index (χ2v) is 3.15. The number of hydrogen-bond acceptors (Lipinski definition) is 5. The maximum Gasteiger partial charge on any atom is 0.332 e. The number of nitrogens with two attached hydrogens (primary N) is 1. The number of carbonyl (C=O) groups excluding carboxylic acids is 2. The molecule has 0 atom stereocenters. The average Bonchev–Trinajstić information content (AvgIpc) is 2.28. The molecule has 0 fully saturated rings. The highest BCUT2D eigenvalue weighted by atomic mass is 16.2. The normalized spacial score (nSPS) is 10.7. The number of hydrogen-bond donors (Lipinski definition) is 3. The molecular weight excluding hydrogens is 236 g/mol. The zero-order valence-corrected chi connectivity index (χ0v) is 9.62. The second kappa shape index (κ2) is 6.74. The van der Waals surface area contributed by atoms with E-state index in [4.69, 9.17) is 5.73 Å². The van der Waals surface area contributed by atoms with E-state index >= 15 is 0 Å². The molecule has 0 unspecified atom stereocenters. The summed E-state index contributed by atoms with van der Waals surface area (Å²) in [6.07, 6.45) is 2.72. The Morgan fingerprint density at radius 3 is 2.28 bits per heavy atom. The molecular formula is C10H12N6O2. The molecule has 1 heterocycles. The van der Waals surface area contributed by atoms with E-state index in [-0.39, 0.29) is 5.91 Å². The maximum atomic E-state index is 10.6. The Morgan fingerprint density at radius 2 is 1.78 bits per heavy atom. The number of urea groups is 1. The Bertz CT molecular complexity index is 456. The van der Waals surface area contributed by atoms with E-state index in [1.165, 1.54) is 19.4 Å². The number of pyridine rings is 1. The minimum Gasteiger partial charge on any atom is -0.350 e. The van der Waals surface area contributed by atoms with Crippen LogP contribution in [0.2, 0.25) is 0 Å². The molecule has 0 saturated heterocycles. The van der Waals surface area contributed by atoms with Crippen molar-refractivity contribution in [3.8, 4) is 0 Å². The molecule has 18 heavy (non-hydrogen) atoms. The third kappa shape index (κ3) is 5.35. The fraction of sp³-hybridized carbons (Fsp3) is 0.100. The second-order valence-electron chi connectivity index (χ2n) is 3.15. The van der Waals surface area contributed by atoms with Gasteiger partial charge in [0.25, 0.3) is 0 Å². The van der Waals surface area contributed by atoms with Crippen LogP contribution >= 0.6 is 0 Å². The van der Waals surface area contributed by atoms with Gasteiger partial charge < -0.3 is 5.73 Å². The Morgan fingerprint density at radius 1 is 1.22 bits per heavy atom. The molecule has 8 heteroatoms. The number of amides is 3. The van der Waals surface area contributed by atoms with E-state index in [2.05, 4.69) is 20.6 Å². The number of aromatic nitrogens is 1. The summed E-state index contributed by atoms with van der Waals surface area (Å²) in [4.78, 5) is 25.1. The van der Waals surface area contributed by atoms with Gasteiger partial charge in [-0.2, -0.15) is 10.2 Å². The lowest BCUT2D eigenvalue weighted by atomic mass is 10.3. The first-order valence-corrected chi connectivity index (χ1v) is 4.93. The van der Waals surface area contributed by atoms with Crippen LogP contribution in [0.15, 0.2) is 28.4 Å². The van der Waals surface area contributed by atoms with Crippen molar-refractivity contribution >= 4 is 24.4 Å². The maximum absolute atomic E-state index is 10.6. The van der Waals surface area contributed by atoms with Gasteiger partial charge in [-0.1, -0.05) is 6.07 Å². The minimum absolute atomic E-state index is 0.269. The third-order valence-electron chi connectivity index (χ3n) is 1.58. The molecule has 8 nitrogen and oxygen atoms in total. The monoisotopic (exact) mass is 248 g/mol. The lowest BCUT2D eigenvalue weighted by Crippen LogP contribution is -2.24. The van der Waals surface area contributed by atoms with E-state index in [1.807, 2.05) is 5.43 Å². The van der Waals surface area contributed by atoms with Crippen molar-refractivity contribution in [1.82, 2.24) is 15.8 Å². The van der Waals surface area contributed by atoms with Crippen molar-refractivity contribution < 1.29 is 9.59 Å². The standard InChI is InChI=1S/C10H12N6O2/c1-7(17)15-12-5-8-3-2-4-9(14-8)6-13-16-10(11)18/h2-6H,1H3,(H,15,17)(H3,11,16,18)/b12-5+,13-6+. The first kappa shape index (κ1) is 13.3. The van der Waals surface area contributed by atoms with Gasteiger partial charge in [0.15, 0.2) is 0 Å². The first-order chi connectivity index (χ1) is 8.58. The van der Waals surface area contributed by atoms with Crippen molar-refractivity contribution in [2.75, 3.05) is 0 Å². The molecule has 94 valence electrons. The summed E-state index contributed by atoms with van der Waals surface area (Å²) in [7, 11) is 0. The molecule has 0 aliphatic heterocycles. The van der Waals surface area contributed by atoms with Crippen molar-refractivity contribution in [1.29, 1.82) is 0 Å². The topological polar surface area (TPSA) is 122 Å². The van der Waals surface area contributed by atoms with Crippen LogP contribution < -0.4 is 16.6 Å². The number of nitrogens with zero attached hydrogens (tertiary/aromatic N) is 3. The van der Waals surface area contributed by atoms with Gasteiger partial charge in [0.05, 0.1) is 23.8 Å². The van der Waals surface area contributed by atoms with Crippen molar-refractivity contribution in [3.63, 3.8) is 0 Å². The Hall–Kier alpha value is -2.77. The molecule has 4 N–H and O–H groups in total. The summed E-state index contributed by atoms with van der Waals surface area (Å²) in [6, 6.07) is 4.36. The van der Waals surface area contributed by atoms with Gasteiger partial charge >= 0.3 is 6.03 Å². The van der Waals surface area contributed by atoms with Crippen LogP contribution in [0.5, 0.6) is 0 Å². The predicted molar refractivity (Wildman–Crippen MR) is 66.0 cm³/mol. The fourth-order valence-corrected chi connectivity index (χ4v) is 0.964. The number of primary amides is 1. The Kier molecular flexibility index (Phi) is 4.98. The largest absolute Gasteiger partial charge is 0.350 e. The molecule has 0 aromatic carbocycles. The fourth-order valence-electron chi connectivity index (χ4n) is 0.964. The van der Waals surface area contributed by atoms with E-state index in [0.29, 0.717) is 11.4 Å². The smallest absolute Gasteiger partial charge is 0.332 e. The van der Waals surface area contributed by atoms with Gasteiger partial charge in [-0.15, -0.1) is 0 Å². The average molecular weight is 248 g/mol. The van der Waals surface area contributed by atoms with Gasteiger partial charge in [-0.25, -0.2) is 20.6 Å². The summed E-state index contributed by atoms with van der Waals surface area (Å²) < 4.78 is 0. The van der Waals surface area contributed by atoms with Gasteiger partial charge in [-0.3, -0.25) is 4.79 Å². The minimum atomic E-state index is -0.755. The van der Waals surface area contributed by atoms with Gasteiger partial charge in [0.2, 0.25) is 5.91 Å². The highest BCUT2D eigenvalue weighted by Gasteiger charge is 1.93. The lowest BCUT2D eigenvalue weighted by molar-refractivity contribution is -0.118. The number of hydrazone groups is 2. The summed E-state index contributed by atoms with van der Waals surface area (Å²) in [5, 5.41) is 7.23. The van der Waals surface area contributed by atoms with Crippen LogP contribution in [-0.4, -0.2) is 29.4 Å². The zero-order valence-electron chi connectivity index (χ0n) is 9.62. The number of nitrogens with one attached hydrogen (secondary N) is 2. The van der Waals surface area contributed by atoms with E-state index in [9.17, 15) is 9.59 Å². The molecule has 1 rings (SSSR count). The van der Waals surface area contributed by atoms with Crippen LogP contribution in [0.25, 0.3) is 0 Å². The quantitative estimate of drug-likeness (QED) is 0.494. The van der Waals surface area contributed by atoms with E-state index < -0.39 is 6.03 Å². The van der Waals surface area contributed by atoms with Gasteiger partial charge in [0, 0.05) is 6.92 Å². The van der Waals surface area contributed by atoms with Crippen LogP contribution in [0, 0.1) is 0 Å². The third-order valence-corrected chi connectivity index (χ3v) is 1.58. The van der Waals surface area contributed by atoms with E-state index in [0.717, 1.165) is 0 Å². The molecule has 0 radical (unpaired) electrons. The molecule has 0 aliphatic rings. The van der Waals surface area contributed by atoms with Crippen molar-refractivity contribution in [2.24, 2.45) is 15.9 Å². The molecule has 0 saturated carbocycles. The Labute approximate surface area is 103 Å². The van der Waals surface area contributed by atoms with E-state index in [1.54, 1.807) is 18.2 Å². The van der Waals surface area contributed by atoms with Crippen molar-refractivity contribution in [3.05, 3.63) is 29.6 Å². The highest BCUT2D eigenvalue weighted by molar-refractivity contribution is 5.83. The lowest BCUT2D eigenvalue weighted by Gasteiger charge is -1.96. The van der Waals surface area contributed by atoms with Crippen LogP contribution in [0.1, 0.15) is 18.3 Å². The van der Waals surface area contributed by atoms with Crippen LogP contribution in [0.3, 0.4) is 0 Å². The highest BCUT2D eigenvalue weighted by Crippen LogP contribution is 1.94. The summed E-state index contributed by atoms with van der Waals surface area (Å²) in [6.45, 7) is 1.35.